The average molecular weight is 447 g/mol. The number of hydrogen-bond acceptors (Lipinski definition) is 7. The van der Waals surface area contributed by atoms with Crippen LogP contribution >= 0.6 is 11.6 Å². The van der Waals surface area contributed by atoms with Gasteiger partial charge in [-0.25, -0.2) is 9.97 Å². The van der Waals surface area contributed by atoms with Gasteiger partial charge >= 0.3 is 0 Å². The topological polar surface area (TPSA) is 174 Å². The molecule has 2 rings (SSSR count). The molecule has 0 radical (unpaired) electrons. The SMILES string of the molecule is NC(=O)CCCNc1ccc(CCCCN=C(N)NC(=O)c2cnc(N)c(Cl)n2)cc1. The zero-order chi connectivity index (χ0) is 22.6. The Hall–Kier alpha value is -3.40. The first kappa shape index (κ1) is 23.9. The molecule has 0 unspecified atom stereocenters. The van der Waals surface area contributed by atoms with Crippen LogP contribution in [0.2, 0.25) is 5.15 Å². The van der Waals surface area contributed by atoms with Gasteiger partial charge in [0.25, 0.3) is 5.91 Å². The number of hydrogen-bond donors (Lipinski definition) is 5. The predicted octanol–water partition coefficient (Wildman–Crippen LogP) is 1.46. The number of benzene rings is 1. The summed E-state index contributed by atoms with van der Waals surface area (Å²) < 4.78 is 0. The Morgan fingerprint density at radius 3 is 2.52 bits per heavy atom. The van der Waals surface area contributed by atoms with Crippen LogP contribution in [0.4, 0.5) is 11.5 Å². The molecule has 0 bridgehead atoms. The number of carbonyl (C=O) groups is 2. The van der Waals surface area contributed by atoms with Crippen LogP contribution in [0.5, 0.6) is 0 Å². The fraction of sp³-hybridized carbons (Fsp3) is 0.350. The summed E-state index contributed by atoms with van der Waals surface area (Å²) in [7, 11) is 0. The van der Waals surface area contributed by atoms with Gasteiger partial charge in [-0.15, -0.1) is 0 Å². The highest BCUT2D eigenvalue weighted by atomic mass is 35.5. The van der Waals surface area contributed by atoms with Crippen LogP contribution in [0.15, 0.2) is 35.5 Å². The Balaban J connectivity index is 1.66. The lowest BCUT2D eigenvalue weighted by atomic mass is 10.1. The third-order valence-electron chi connectivity index (χ3n) is 4.27. The number of primary amides is 1. The highest BCUT2D eigenvalue weighted by Gasteiger charge is 2.11. The molecule has 1 heterocycles. The van der Waals surface area contributed by atoms with Gasteiger partial charge in [0.15, 0.2) is 16.9 Å². The van der Waals surface area contributed by atoms with Gasteiger partial charge in [0.1, 0.15) is 5.69 Å². The Labute approximate surface area is 185 Å². The van der Waals surface area contributed by atoms with Crippen molar-refractivity contribution in [2.75, 3.05) is 24.1 Å². The van der Waals surface area contributed by atoms with Gasteiger partial charge in [-0.1, -0.05) is 23.7 Å². The smallest absolute Gasteiger partial charge is 0.278 e. The number of halogens is 1. The van der Waals surface area contributed by atoms with Crippen molar-refractivity contribution < 1.29 is 9.59 Å². The minimum atomic E-state index is -0.557. The minimum Gasteiger partial charge on any atom is -0.385 e. The lowest BCUT2D eigenvalue weighted by molar-refractivity contribution is -0.118. The summed E-state index contributed by atoms with van der Waals surface area (Å²) in [5.41, 5.74) is 18.5. The van der Waals surface area contributed by atoms with Gasteiger partial charge in [-0.05, 0) is 43.4 Å². The number of nitrogen functional groups attached to an aromatic ring is 1. The van der Waals surface area contributed by atoms with E-state index in [0.29, 0.717) is 25.9 Å². The maximum absolute atomic E-state index is 12.0. The molecule has 166 valence electrons. The van der Waals surface area contributed by atoms with Crippen molar-refractivity contribution in [3.8, 4) is 0 Å². The Bertz CT molecular complexity index is 918. The number of guanidine groups is 1. The molecule has 8 N–H and O–H groups in total. The van der Waals surface area contributed by atoms with Gasteiger partial charge in [0, 0.05) is 25.2 Å². The van der Waals surface area contributed by atoms with E-state index in [1.54, 1.807) is 0 Å². The highest BCUT2D eigenvalue weighted by Crippen LogP contribution is 2.13. The van der Waals surface area contributed by atoms with Crippen LogP contribution in [-0.2, 0) is 11.2 Å². The second kappa shape index (κ2) is 12.3. The van der Waals surface area contributed by atoms with Crippen molar-refractivity contribution >= 4 is 40.9 Å². The Kier molecular flexibility index (Phi) is 9.50. The number of unbranched alkanes of at least 4 members (excludes halogenated alkanes) is 1. The second-order valence-corrected chi connectivity index (χ2v) is 7.16. The third kappa shape index (κ3) is 8.87. The van der Waals surface area contributed by atoms with Crippen molar-refractivity contribution in [2.24, 2.45) is 16.5 Å². The van der Waals surface area contributed by atoms with E-state index in [2.05, 4.69) is 37.7 Å². The number of rotatable bonds is 11. The molecule has 11 heteroatoms. The average Bonchev–Trinajstić information content (AvgIpc) is 2.73. The summed E-state index contributed by atoms with van der Waals surface area (Å²) in [5, 5.41) is 5.65. The fourth-order valence-electron chi connectivity index (χ4n) is 2.63. The normalized spacial score (nSPS) is 11.2. The summed E-state index contributed by atoms with van der Waals surface area (Å²) in [6, 6.07) is 8.15. The maximum Gasteiger partial charge on any atom is 0.278 e. The molecule has 0 fully saturated rings. The molecule has 2 amide bonds. The molecule has 0 spiro atoms. The Morgan fingerprint density at radius 1 is 1.10 bits per heavy atom. The number of carbonyl (C=O) groups excluding carboxylic acids is 2. The van der Waals surface area contributed by atoms with Crippen LogP contribution in [-0.4, -0.2) is 40.8 Å². The number of nitrogens with two attached hydrogens (primary N) is 3. The fourth-order valence-corrected chi connectivity index (χ4v) is 2.77. The summed E-state index contributed by atoms with van der Waals surface area (Å²) in [5.74, 6) is -0.789. The number of aryl methyl sites for hydroxylation is 1. The summed E-state index contributed by atoms with van der Waals surface area (Å²) in [6.45, 7) is 1.19. The molecule has 0 atom stereocenters. The third-order valence-corrected chi connectivity index (χ3v) is 4.55. The summed E-state index contributed by atoms with van der Waals surface area (Å²) in [6.07, 6.45) is 4.95. The van der Waals surface area contributed by atoms with Crippen LogP contribution in [0.25, 0.3) is 0 Å². The van der Waals surface area contributed by atoms with Crippen molar-refractivity contribution in [3.05, 3.63) is 46.9 Å². The van der Waals surface area contributed by atoms with E-state index in [0.717, 1.165) is 24.9 Å². The summed E-state index contributed by atoms with van der Waals surface area (Å²) in [4.78, 5) is 34.5. The maximum atomic E-state index is 12.0. The van der Waals surface area contributed by atoms with Crippen LogP contribution in [0.3, 0.4) is 0 Å². The first-order valence-electron chi connectivity index (χ1n) is 9.85. The van der Waals surface area contributed by atoms with Crippen molar-refractivity contribution in [3.63, 3.8) is 0 Å². The van der Waals surface area contributed by atoms with Gasteiger partial charge in [0.2, 0.25) is 5.91 Å². The van der Waals surface area contributed by atoms with Crippen LogP contribution < -0.4 is 27.8 Å². The first-order chi connectivity index (χ1) is 14.8. The van der Waals surface area contributed by atoms with E-state index in [1.165, 1.54) is 11.8 Å². The van der Waals surface area contributed by atoms with Crippen LogP contribution in [0, 0.1) is 0 Å². The van der Waals surface area contributed by atoms with E-state index in [4.69, 9.17) is 28.8 Å². The first-order valence-corrected chi connectivity index (χ1v) is 10.2. The van der Waals surface area contributed by atoms with Crippen molar-refractivity contribution in [1.29, 1.82) is 0 Å². The predicted molar refractivity (Wildman–Crippen MR) is 122 cm³/mol. The van der Waals surface area contributed by atoms with Crippen molar-refractivity contribution in [2.45, 2.75) is 32.1 Å². The number of anilines is 2. The molecule has 0 aliphatic carbocycles. The molecule has 0 aliphatic rings. The lowest BCUT2D eigenvalue weighted by Gasteiger charge is -2.07. The van der Waals surface area contributed by atoms with Gasteiger partial charge in [0.05, 0.1) is 6.20 Å². The van der Waals surface area contributed by atoms with Gasteiger partial charge in [-0.3, -0.25) is 19.9 Å². The van der Waals surface area contributed by atoms with Crippen LogP contribution in [0.1, 0.15) is 41.7 Å². The van der Waals surface area contributed by atoms with Gasteiger partial charge < -0.3 is 22.5 Å². The summed E-state index contributed by atoms with van der Waals surface area (Å²) >= 11 is 5.75. The number of nitrogens with zero attached hydrogens (tertiary/aromatic N) is 3. The molecular formula is C20H27ClN8O2. The van der Waals surface area contributed by atoms with E-state index < -0.39 is 5.91 Å². The zero-order valence-corrected chi connectivity index (χ0v) is 17.9. The van der Waals surface area contributed by atoms with E-state index in [9.17, 15) is 9.59 Å². The van der Waals surface area contributed by atoms with E-state index in [-0.39, 0.29) is 28.5 Å². The number of aromatic nitrogens is 2. The molecule has 2 aromatic rings. The van der Waals surface area contributed by atoms with E-state index in [1.807, 2.05) is 12.1 Å². The Morgan fingerprint density at radius 2 is 1.84 bits per heavy atom. The molecule has 31 heavy (non-hydrogen) atoms. The molecule has 0 saturated heterocycles. The lowest BCUT2D eigenvalue weighted by Crippen LogP contribution is -2.37. The molecule has 0 aliphatic heterocycles. The highest BCUT2D eigenvalue weighted by molar-refractivity contribution is 6.31. The molecule has 10 nitrogen and oxygen atoms in total. The zero-order valence-electron chi connectivity index (χ0n) is 17.1. The number of nitrogens with one attached hydrogen (secondary N) is 2. The monoisotopic (exact) mass is 446 g/mol. The van der Waals surface area contributed by atoms with Crippen molar-refractivity contribution in [1.82, 2.24) is 15.3 Å². The second-order valence-electron chi connectivity index (χ2n) is 6.80. The van der Waals surface area contributed by atoms with Gasteiger partial charge in [-0.2, -0.15) is 0 Å². The molecule has 1 aromatic heterocycles. The largest absolute Gasteiger partial charge is 0.385 e. The molecule has 1 aromatic carbocycles. The number of aliphatic imine (C=N–C) groups is 1. The molecular weight excluding hydrogens is 420 g/mol. The minimum absolute atomic E-state index is 0.00292. The standard InChI is InChI=1S/C20H27ClN8O2/c21-17-18(23)27-12-15(28-17)19(31)29-20(24)26-10-2-1-4-13-6-8-14(9-7-13)25-11-3-5-16(22)30/h6-9,12,25H,1-5,10-11H2,(H2,22,30)(H2,23,27)(H3,24,26,29,31). The van der Waals surface area contributed by atoms with E-state index >= 15 is 0 Å². The number of amides is 2. The quantitative estimate of drug-likeness (QED) is 0.197. The molecule has 0 saturated carbocycles.